The molecule has 0 fully saturated rings. The summed E-state index contributed by atoms with van der Waals surface area (Å²) in [6.07, 6.45) is 12.3. The van der Waals surface area contributed by atoms with Crippen molar-refractivity contribution in [1.29, 1.82) is 0 Å². The van der Waals surface area contributed by atoms with Crippen LogP contribution in [0.25, 0.3) is 6.08 Å². The Kier molecular flexibility index (Phi) is 4.76. The molecule has 28 heavy (non-hydrogen) atoms. The highest BCUT2D eigenvalue weighted by Crippen LogP contribution is 2.51. The van der Waals surface area contributed by atoms with Crippen LogP contribution < -0.4 is 5.56 Å². The molecule has 4 rings (SSSR count). The molecule has 0 amide bonds. The number of rotatable bonds is 3. The first-order valence-corrected chi connectivity index (χ1v) is 9.87. The highest BCUT2D eigenvalue weighted by Gasteiger charge is 2.46. The van der Waals surface area contributed by atoms with Crippen molar-refractivity contribution in [1.82, 2.24) is 4.98 Å². The van der Waals surface area contributed by atoms with Crippen molar-refractivity contribution in [2.75, 3.05) is 0 Å². The van der Waals surface area contributed by atoms with Gasteiger partial charge in [0.05, 0.1) is 0 Å². The Morgan fingerprint density at radius 1 is 1.18 bits per heavy atom. The van der Waals surface area contributed by atoms with E-state index in [2.05, 4.69) is 62.2 Å². The molecule has 1 aromatic carbocycles. The molecule has 0 saturated carbocycles. The van der Waals surface area contributed by atoms with Crippen molar-refractivity contribution < 1.29 is 0 Å². The molecule has 0 spiro atoms. The average molecular weight is 370 g/mol. The van der Waals surface area contributed by atoms with Gasteiger partial charge >= 0.3 is 0 Å². The van der Waals surface area contributed by atoms with Crippen LogP contribution in [0.4, 0.5) is 0 Å². The van der Waals surface area contributed by atoms with Gasteiger partial charge < -0.3 is 4.98 Å². The maximum absolute atomic E-state index is 11.9. The molecular weight excluding hydrogens is 344 g/mol. The molecule has 0 radical (unpaired) electrons. The molecule has 2 aliphatic rings. The Morgan fingerprint density at radius 2 is 2.00 bits per heavy atom. The van der Waals surface area contributed by atoms with Crippen LogP contribution in [-0.2, 0) is 12.0 Å². The van der Waals surface area contributed by atoms with Crippen LogP contribution in [0, 0.1) is 12.8 Å². The average Bonchev–Trinajstić information content (AvgIpc) is 2.65. The Morgan fingerprint density at radius 3 is 2.79 bits per heavy atom. The lowest BCUT2D eigenvalue weighted by atomic mass is 9.63. The smallest absolute Gasteiger partial charge is 0.248 e. The van der Waals surface area contributed by atoms with Crippen LogP contribution in [0.2, 0.25) is 0 Å². The fraction of sp³-hybridized carbons (Fsp3) is 0.280. The van der Waals surface area contributed by atoms with Gasteiger partial charge in [-0.05, 0) is 56.0 Å². The highest BCUT2D eigenvalue weighted by atomic mass is 16.1. The van der Waals surface area contributed by atoms with Gasteiger partial charge in [0.2, 0.25) is 5.56 Å². The second-order valence-electron chi connectivity index (χ2n) is 7.81. The Bertz CT molecular complexity index is 1080. The SMILES string of the molecule is C/C=C1\[C@H]2C=C(C)C[C@]1(N=C/C=C/c1ccccc1C)c1ccc(=O)[nH]c1C2. The third-order valence-corrected chi connectivity index (χ3v) is 5.92. The lowest BCUT2D eigenvalue weighted by Gasteiger charge is -2.45. The Hall–Kier alpha value is -2.94. The van der Waals surface area contributed by atoms with E-state index in [1.54, 1.807) is 6.07 Å². The molecule has 2 aliphatic carbocycles. The zero-order valence-corrected chi connectivity index (χ0v) is 16.7. The van der Waals surface area contributed by atoms with Gasteiger partial charge in [-0.3, -0.25) is 9.79 Å². The van der Waals surface area contributed by atoms with E-state index < -0.39 is 5.54 Å². The Labute approximate surface area is 166 Å². The largest absolute Gasteiger partial charge is 0.326 e. The van der Waals surface area contributed by atoms with Gasteiger partial charge in [0.15, 0.2) is 0 Å². The topological polar surface area (TPSA) is 45.2 Å². The quantitative estimate of drug-likeness (QED) is 0.591. The van der Waals surface area contributed by atoms with Crippen molar-refractivity contribution in [3.05, 3.63) is 98.5 Å². The molecular formula is C25H26N2O. The zero-order valence-electron chi connectivity index (χ0n) is 16.7. The first-order valence-electron chi connectivity index (χ1n) is 9.87. The summed E-state index contributed by atoms with van der Waals surface area (Å²) in [6, 6.07) is 11.9. The standard InChI is InChI=1S/C25H26N2O/c1-4-21-20-14-17(2)16-25(21,22-11-12-24(28)27-23(22)15-20)26-13-7-10-19-9-6-5-8-18(19)3/h4-14,20H,15-16H2,1-3H3,(H,27,28)/b10-7+,21-4+,26-13?/t20-,25+/m0/s1. The maximum atomic E-state index is 11.9. The number of pyridine rings is 1. The molecule has 2 aromatic rings. The Balaban J connectivity index is 1.78. The summed E-state index contributed by atoms with van der Waals surface area (Å²) in [7, 11) is 0. The number of nitrogens with one attached hydrogen (secondary N) is 1. The number of nitrogens with zero attached hydrogens (tertiary/aromatic N) is 1. The maximum Gasteiger partial charge on any atom is 0.248 e. The molecule has 2 atom stereocenters. The summed E-state index contributed by atoms with van der Waals surface area (Å²) in [6.45, 7) is 6.39. The van der Waals surface area contributed by atoms with Crippen molar-refractivity contribution in [3.63, 3.8) is 0 Å². The molecule has 3 heteroatoms. The molecule has 1 aromatic heterocycles. The van der Waals surface area contributed by atoms with E-state index in [0.29, 0.717) is 5.92 Å². The molecule has 0 saturated heterocycles. The molecule has 0 unspecified atom stereocenters. The number of aromatic amines is 1. The number of aliphatic imine (C=N–C) groups is 1. The lowest BCUT2D eigenvalue weighted by molar-refractivity contribution is 0.413. The van der Waals surface area contributed by atoms with E-state index >= 15 is 0 Å². The molecule has 3 nitrogen and oxygen atoms in total. The van der Waals surface area contributed by atoms with Gasteiger partial charge in [-0.1, -0.05) is 48.1 Å². The van der Waals surface area contributed by atoms with Gasteiger partial charge in [-0.25, -0.2) is 0 Å². The molecule has 2 bridgehead atoms. The van der Waals surface area contributed by atoms with Crippen LogP contribution in [0.3, 0.4) is 0 Å². The van der Waals surface area contributed by atoms with E-state index in [4.69, 9.17) is 4.99 Å². The fourth-order valence-corrected chi connectivity index (χ4v) is 4.74. The van der Waals surface area contributed by atoms with Gasteiger partial charge in [-0.15, -0.1) is 0 Å². The number of fused-ring (bicyclic) bond motifs is 4. The normalized spacial score (nSPS) is 25.3. The van der Waals surface area contributed by atoms with Crippen LogP contribution >= 0.6 is 0 Å². The second-order valence-corrected chi connectivity index (χ2v) is 7.81. The van der Waals surface area contributed by atoms with E-state index in [-0.39, 0.29) is 5.56 Å². The fourth-order valence-electron chi connectivity index (χ4n) is 4.74. The highest BCUT2D eigenvalue weighted by molar-refractivity contribution is 5.79. The van der Waals surface area contributed by atoms with Crippen LogP contribution in [-0.4, -0.2) is 11.2 Å². The predicted octanol–water partition coefficient (Wildman–Crippen LogP) is 5.13. The number of allylic oxidation sites excluding steroid dienone is 3. The zero-order chi connectivity index (χ0) is 19.7. The van der Waals surface area contributed by atoms with Crippen LogP contribution in [0.15, 0.2) is 75.6 Å². The minimum absolute atomic E-state index is 0.0416. The van der Waals surface area contributed by atoms with Crippen molar-refractivity contribution in [3.8, 4) is 0 Å². The number of H-pyrrole nitrogens is 1. The summed E-state index contributed by atoms with van der Waals surface area (Å²) >= 11 is 0. The number of hydrogen-bond acceptors (Lipinski definition) is 2. The molecule has 0 aliphatic heterocycles. The minimum Gasteiger partial charge on any atom is -0.326 e. The van der Waals surface area contributed by atoms with E-state index in [9.17, 15) is 4.79 Å². The summed E-state index contributed by atoms with van der Waals surface area (Å²) < 4.78 is 0. The van der Waals surface area contributed by atoms with Crippen molar-refractivity contribution in [2.45, 2.75) is 39.2 Å². The van der Waals surface area contributed by atoms with Gasteiger partial charge in [0.25, 0.3) is 0 Å². The summed E-state index contributed by atoms with van der Waals surface area (Å²) in [5.41, 5.74) is 6.81. The molecule has 142 valence electrons. The summed E-state index contributed by atoms with van der Waals surface area (Å²) in [5.74, 6) is 0.293. The third kappa shape index (κ3) is 3.11. The first-order chi connectivity index (χ1) is 13.5. The minimum atomic E-state index is -0.424. The van der Waals surface area contributed by atoms with Crippen LogP contribution in [0.1, 0.15) is 42.7 Å². The first kappa shape index (κ1) is 18.4. The second kappa shape index (κ2) is 7.23. The van der Waals surface area contributed by atoms with E-state index in [1.807, 2.05) is 24.4 Å². The summed E-state index contributed by atoms with van der Waals surface area (Å²) in [5, 5.41) is 0. The number of aromatic nitrogens is 1. The van der Waals surface area contributed by atoms with Gasteiger partial charge in [0, 0.05) is 35.9 Å². The van der Waals surface area contributed by atoms with Gasteiger partial charge in [-0.2, -0.15) is 0 Å². The van der Waals surface area contributed by atoms with Crippen molar-refractivity contribution in [2.24, 2.45) is 10.9 Å². The number of benzene rings is 1. The van der Waals surface area contributed by atoms with E-state index in [1.165, 1.54) is 22.3 Å². The monoisotopic (exact) mass is 370 g/mol. The number of aryl methyl sites for hydroxylation is 1. The molecule has 1 N–H and O–H groups in total. The van der Waals surface area contributed by atoms with Crippen molar-refractivity contribution >= 4 is 12.3 Å². The number of hydrogen-bond donors (Lipinski definition) is 1. The van der Waals surface area contributed by atoms with Gasteiger partial charge in [0.1, 0.15) is 5.54 Å². The third-order valence-electron chi connectivity index (χ3n) is 5.92. The van der Waals surface area contributed by atoms with Crippen LogP contribution in [0.5, 0.6) is 0 Å². The predicted molar refractivity (Wildman–Crippen MR) is 117 cm³/mol. The van der Waals surface area contributed by atoms with E-state index in [0.717, 1.165) is 24.1 Å². The summed E-state index contributed by atoms with van der Waals surface area (Å²) in [4.78, 5) is 20.1. The lowest BCUT2D eigenvalue weighted by Crippen LogP contribution is -2.40. The molecule has 1 heterocycles.